The van der Waals surface area contributed by atoms with Crippen LogP contribution in [0.2, 0.25) is 0 Å². The third-order valence-corrected chi connectivity index (χ3v) is 5.58. The second-order valence-corrected chi connectivity index (χ2v) is 7.72. The minimum Gasteiger partial charge on any atom is -0.366 e. The first-order valence-corrected chi connectivity index (χ1v) is 8.74. The number of anilines is 1. The highest BCUT2D eigenvalue weighted by atomic mass is 32.2. The Labute approximate surface area is 113 Å². The quantitative estimate of drug-likeness (QED) is 0.757. The lowest BCUT2D eigenvalue weighted by Crippen LogP contribution is -2.35. The van der Waals surface area contributed by atoms with E-state index < -0.39 is 15.1 Å². The molecule has 1 aromatic heterocycles. The molecular formula is C12H20N4O2S. The molecule has 0 spiro atoms. The van der Waals surface area contributed by atoms with E-state index in [4.69, 9.17) is 0 Å². The highest BCUT2D eigenvalue weighted by Gasteiger charge is 2.34. The highest BCUT2D eigenvalue weighted by Crippen LogP contribution is 2.38. The van der Waals surface area contributed by atoms with Crippen LogP contribution in [0.15, 0.2) is 0 Å². The first-order chi connectivity index (χ1) is 9.05. The van der Waals surface area contributed by atoms with E-state index in [1.807, 2.05) is 0 Å². The molecule has 0 amide bonds. The van der Waals surface area contributed by atoms with Crippen molar-refractivity contribution in [3.05, 3.63) is 11.3 Å². The SMILES string of the molecule is CS(=O)(=O)C1CCc2c(NC3CCNCC3)n[nH]c21. The van der Waals surface area contributed by atoms with Crippen molar-refractivity contribution in [2.75, 3.05) is 24.7 Å². The van der Waals surface area contributed by atoms with Gasteiger partial charge in [-0.15, -0.1) is 0 Å². The van der Waals surface area contributed by atoms with Gasteiger partial charge in [-0.3, -0.25) is 5.10 Å². The molecule has 1 fully saturated rings. The summed E-state index contributed by atoms with van der Waals surface area (Å²) in [6.45, 7) is 2.05. The summed E-state index contributed by atoms with van der Waals surface area (Å²) in [7, 11) is -3.04. The van der Waals surface area contributed by atoms with E-state index in [0.29, 0.717) is 12.5 Å². The van der Waals surface area contributed by atoms with Gasteiger partial charge in [0.25, 0.3) is 0 Å². The van der Waals surface area contributed by atoms with Crippen molar-refractivity contribution in [3.63, 3.8) is 0 Å². The van der Waals surface area contributed by atoms with Gasteiger partial charge in [0.2, 0.25) is 0 Å². The Morgan fingerprint density at radius 3 is 2.68 bits per heavy atom. The zero-order chi connectivity index (χ0) is 13.5. The summed E-state index contributed by atoms with van der Waals surface area (Å²) in [5.74, 6) is 0.855. The lowest BCUT2D eigenvalue weighted by atomic mass is 10.1. The molecule has 0 bridgehead atoms. The minimum absolute atomic E-state index is 0.404. The predicted octanol–water partition coefficient (Wildman–Crippen LogP) is 0.605. The van der Waals surface area contributed by atoms with Crippen LogP contribution in [0.5, 0.6) is 0 Å². The maximum Gasteiger partial charge on any atom is 0.156 e. The zero-order valence-electron chi connectivity index (χ0n) is 11.1. The average molecular weight is 284 g/mol. The third kappa shape index (κ3) is 2.49. The Bertz CT molecular complexity index is 560. The first kappa shape index (κ1) is 12.9. The van der Waals surface area contributed by atoms with Gasteiger partial charge in [0.15, 0.2) is 15.7 Å². The normalized spacial score (nSPS) is 24.4. The number of hydrogen-bond acceptors (Lipinski definition) is 5. The van der Waals surface area contributed by atoms with Crippen molar-refractivity contribution in [3.8, 4) is 0 Å². The summed E-state index contributed by atoms with van der Waals surface area (Å²) < 4.78 is 23.4. The van der Waals surface area contributed by atoms with Gasteiger partial charge >= 0.3 is 0 Å². The molecule has 1 aromatic rings. The van der Waals surface area contributed by atoms with E-state index in [2.05, 4.69) is 20.8 Å². The summed E-state index contributed by atoms with van der Waals surface area (Å²) >= 11 is 0. The number of nitrogens with one attached hydrogen (secondary N) is 3. The molecule has 6 nitrogen and oxygen atoms in total. The fourth-order valence-electron chi connectivity index (χ4n) is 3.02. The van der Waals surface area contributed by atoms with Gasteiger partial charge in [-0.05, 0) is 38.8 Å². The van der Waals surface area contributed by atoms with Gasteiger partial charge in [-0.1, -0.05) is 0 Å². The highest BCUT2D eigenvalue weighted by molar-refractivity contribution is 7.90. The standard InChI is InChI=1S/C12H20N4O2S/c1-19(17,18)10-3-2-9-11(10)15-16-12(9)14-8-4-6-13-7-5-8/h8,10,13H,2-7H2,1H3,(H2,14,15,16). The molecule has 2 aliphatic rings. The molecule has 1 unspecified atom stereocenters. The molecule has 0 aromatic carbocycles. The smallest absolute Gasteiger partial charge is 0.156 e. The number of fused-ring (bicyclic) bond motifs is 1. The minimum atomic E-state index is -3.04. The van der Waals surface area contributed by atoms with Crippen molar-refractivity contribution < 1.29 is 8.42 Å². The molecule has 3 rings (SSSR count). The molecule has 1 aliphatic heterocycles. The van der Waals surface area contributed by atoms with Gasteiger partial charge in [0, 0.05) is 17.9 Å². The van der Waals surface area contributed by atoms with Crippen molar-refractivity contribution >= 4 is 15.7 Å². The van der Waals surface area contributed by atoms with Gasteiger partial charge in [0.05, 0.1) is 5.69 Å². The van der Waals surface area contributed by atoms with Crippen LogP contribution in [-0.4, -0.2) is 44.0 Å². The van der Waals surface area contributed by atoms with Crippen LogP contribution in [0.3, 0.4) is 0 Å². The van der Waals surface area contributed by atoms with Crippen LogP contribution in [-0.2, 0) is 16.3 Å². The molecule has 1 aliphatic carbocycles. The van der Waals surface area contributed by atoms with Gasteiger partial charge in [-0.25, -0.2) is 8.42 Å². The summed E-state index contributed by atoms with van der Waals surface area (Å²) in [4.78, 5) is 0. The lowest BCUT2D eigenvalue weighted by Gasteiger charge is -2.23. The summed E-state index contributed by atoms with van der Waals surface area (Å²) in [5, 5.41) is 13.6. The van der Waals surface area contributed by atoms with Crippen LogP contribution < -0.4 is 10.6 Å². The van der Waals surface area contributed by atoms with E-state index >= 15 is 0 Å². The Hall–Kier alpha value is -1.08. The second kappa shape index (κ2) is 4.79. The molecule has 0 radical (unpaired) electrons. The molecule has 1 atom stereocenters. The third-order valence-electron chi connectivity index (χ3n) is 4.07. The fraction of sp³-hybridized carbons (Fsp3) is 0.750. The monoisotopic (exact) mass is 284 g/mol. The van der Waals surface area contributed by atoms with Gasteiger partial charge < -0.3 is 10.6 Å². The average Bonchev–Trinajstić information content (AvgIpc) is 2.92. The lowest BCUT2D eigenvalue weighted by molar-refractivity contribution is 0.478. The number of nitrogens with zero attached hydrogens (tertiary/aromatic N) is 1. The van der Waals surface area contributed by atoms with Gasteiger partial charge in [-0.2, -0.15) is 5.10 Å². The molecule has 0 saturated carbocycles. The summed E-state index contributed by atoms with van der Waals surface area (Å²) in [5.41, 5.74) is 1.85. The van der Waals surface area contributed by atoms with Gasteiger partial charge in [0.1, 0.15) is 5.25 Å². The molecule has 2 heterocycles. The zero-order valence-corrected chi connectivity index (χ0v) is 11.9. The van der Waals surface area contributed by atoms with Crippen molar-refractivity contribution in [2.45, 2.75) is 37.0 Å². The summed E-state index contributed by atoms with van der Waals surface area (Å²) in [6, 6.07) is 0.436. The Balaban J connectivity index is 1.79. The predicted molar refractivity (Wildman–Crippen MR) is 74.0 cm³/mol. The number of H-pyrrole nitrogens is 1. The second-order valence-electron chi connectivity index (χ2n) is 5.49. The molecular weight excluding hydrogens is 264 g/mol. The van der Waals surface area contributed by atoms with Crippen LogP contribution in [0, 0.1) is 0 Å². The topological polar surface area (TPSA) is 86.9 Å². The van der Waals surface area contributed by atoms with Crippen LogP contribution >= 0.6 is 0 Å². The molecule has 3 N–H and O–H groups in total. The largest absolute Gasteiger partial charge is 0.366 e. The van der Waals surface area contributed by atoms with E-state index in [-0.39, 0.29) is 0 Å². The Morgan fingerprint density at radius 1 is 1.26 bits per heavy atom. The van der Waals surface area contributed by atoms with Crippen molar-refractivity contribution in [1.82, 2.24) is 15.5 Å². The summed E-state index contributed by atoms with van der Waals surface area (Å²) in [6.07, 6.45) is 4.92. The number of piperidine rings is 1. The fourth-order valence-corrected chi connectivity index (χ4v) is 4.19. The van der Waals surface area contributed by atoms with E-state index in [9.17, 15) is 8.42 Å². The maximum atomic E-state index is 11.7. The van der Waals surface area contributed by atoms with Crippen molar-refractivity contribution in [2.24, 2.45) is 0 Å². The molecule has 19 heavy (non-hydrogen) atoms. The Kier molecular flexibility index (Phi) is 3.26. The molecule has 1 saturated heterocycles. The molecule has 7 heteroatoms. The van der Waals surface area contributed by atoms with Crippen LogP contribution in [0.4, 0.5) is 5.82 Å². The van der Waals surface area contributed by atoms with Crippen LogP contribution in [0.1, 0.15) is 35.8 Å². The number of sulfone groups is 1. The van der Waals surface area contributed by atoms with E-state index in [1.165, 1.54) is 6.26 Å². The first-order valence-electron chi connectivity index (χ1n) is 6.79. The van der Waals surface area contributed by atoms with E-state index in [0.717, 1.165) is 49.4 Å². The maximum absolute atomic E-state index is 11.7. The van der Waals surface area contributed by atoms with E-state index in [1.54, 1.807) is 0 Å². The number of rotatable bonds is 3. The molecule has 106 valence electrons. The Morgan fingerprint density at radius 2 is 2.00 bits per heavy atom. The number of aromatic nitrogens is 2. The number of hydrogen-bond donors (Lipinski definition) is 3. The van der Waals surface area contributed by atoms with Crippen molar-refractivity contribution in [1.29, 1.82) is 0 Å². The number of aromatic amines is 1. The van der Waals surface area contributed by atoms with Crippen LogP contribution in [0.25, 0.3) is 0 Å².